The summed E-state index contributed by atoms with van der Waals surface area (Å²) >= 11 is 1.32. The fourth-order valence-corrected chi connectivity index (χ4v) is 4.16. The van der Waals surface area contributed by atoms with Crippen molar-refractivity contribution in [1.82, 2.24) is 19.8 Å². The highest BCUT2D eigenvalue weighted by Crippen LogP contribution is 2.28. The van der Waals surface area contributed by atoms with Crippen LogP contribution in [0.4, 0.5) is 0 Å². The molecule has 1 aromatic carbocycles. The van der Waals surface area contributed by atoms with Crippen molar-refractivity contribution in [3.63, 3.8) is 0 Å². The van der Waals surface area contributed by atoms with Crippen LogP contribution in [0.3, 0.4) is 0 Å². The van der Waals surface area contributed by atoms with E-state index in [0.29, 0.717) is 17.5 Å². The minimum Gasteiger partial charge on any atom is -0.469 e. The maximum absolute atomic E-state index is 12.9. The molecule has 4 rings (SSSR count). The smallest absolute Gasteiger partial charge is 0.236 e. The Balaban J connectivity index is 1.47. The van der Waals surface area contributed by atoms with Crippen molar-refractivity contribution in [2.24, 2.45) is 0 Å². The SMILES string of the molecule is Cc1occc1-c1nnc(SC(C)C(=O)N2CCc3ccccc3C2)n1N. The van der Waals surface area contributed by atoms with Gasteiger partial charge in [-0.3, -0.25) is 4.79 Å². The van der Waals surface area contributed by atoms with Crippen molar-refractivity contribution in [3.8, 4) is 11.4 Å². The van der Waals surface area contributed by atoms with Crippen molar-refractivity contribution in [2.45, 2.75) is 37.2 Å². The topological polar surface area (TPSA) is 90.2 Å². The molecular formula is C19H21N5O2S. The molecule has 0 radical (unpaired) electrons. The van der Waals surface area contributed by atoms with Crippen LogP contribution < -0.4 is 5.84 Å². The number of nitrogen functional groups attached to an aromatic ring is 1. The quantitative estimate of drug-likeness (QED) is 0.550. The van der Waals surface area contributed by atoms with Crippen LogP contribution in [-0.4, -0.2) is 37.5 Å². The van der Waals surface area contributed by atoms with E-state index in [4.69, 9.17) is 10.3 Å². The van der Waals surface area contributed by atoms with Crippen LogP contribution in [0.15, 0.2) is 46.2 Å². The molecule has 140 valence electrons. The number of nitrogens with two attached hydrogens (primary N) is 1. The number of carbonyl (C=O) groups is 1. The molecule has 0 saturated heterocycles. The third kappa shape index (κ3) is 3.32. The first kappa shape index (κ1) is 17.7. The maximum atomic E-state index is 12.9. The summed E-state index contributed by atoms with van der Waals surface area (Å²) in [5, 5.41) is 8.51. The van der Waals surface area contributed by atoms with Gasteiger partial charge in [0.2, 0.25) is 11.1 Å². The van der Waals surface area contributed by atoms with Gasteiger partial charge in [0.15, 0.2) is 5.82 Å². The van der Waals surface area contributed by atoms with Gasteiger partial charge in [-0.2, -0.15) is 0 Å². The molecule has 7 nitrogen and oxygen atoms in total. The number of hydrogen-bond acceptors (Lipinski definition) is 6. The summed E-state index contributed by atoms with van der Waals surface area (Å²) in [7, 11) is 0. The van der Waals surface area contributed by atoms with Crippen LogP contribution in [0.2, 0.25) is 0 Å². The molecule has 2 aromatic heterocycles. The number of benzene rings is 1. The number of carbonyl (C=O) groups excluding carboxylic acids is 1. The van der Waals surface area contributed by atoms with E-state index in [1.807, 2.05) is 30.9 Å². The van der Waals surface area contributed by atoms with E-state index in [1.165, 1.54) is 27.6 Å². The molecule has 0 aliphatic carbocycles. The Morgan fingerprint density at radius 3 is 2.78 bits per heavy atom. The number of furan rings is 1. The van der Waals surface area contributed by atoms with E-state index in [1.54, 1.807) is 12.3 Å². The van der Waals surface area contributed by atoms with Crippen molar-refractivity contribution >= 4 is 17.7 Å². The molecule has 1 aliphatic rings. The summed E-state index contributed by atoms with van der Waals surface area (Å²) in [4.78, 5) is 14.8. The Hall–Kier alpha value is -2.74. The number of nitrogens with zero attached hydrogens (tertiary/aromatic N) is 4. The highest BCUT2D eigenvalue weighted by atomic mass is 32.2. The van der Waals surface area contributed by atoms with E-state index in [0.717, 1.165) is 24.3 Å². The molecule has 2 N–H and O–H groups in total. The average molecular weight is 383 g/mol. The second kappa shape index (κ2) is 7.11. The number of aromatic nitrogens is 3. The Labute approximate surface area is 161 Å². The van der Waals surface area contributed by atoms with Gasteiger partial charge in [-0.1, -0.05) is 36.0 Å². The zero-order chi connectivity index (χ0) is 19.0. The van der Waals surface area contributed by atoms with Crippen molar-refractivity contribution in [3.05, 3.63) is 53.5 Å². The predicted octanol–water partition coefficient (Wildman–Crippen LogP) is 2.63. The maximum Gasteiger partial charge on any atom is 0.236 e. The van der Waals surface area contributed by atoms with E-state index < -0.39 is 0 Å². The molecule has 0 spiro atoms. The molecule has 1 amide bonds. The second-order valence-corrected chi connectivity index (χ2v) is 7.91. The second-order valence-electron chi connectivity index (χ2n) is 6.61. The number of aryl methyl sites for hydroxylation is 1. The van der Waals surface area contributed by atoms with Gasteiger partial charge in [-0.15, -0.1) is 10.2 Å². The first-order valence-corrected chi connectivity index (χ1v) is 9.69. The van der Waals surface area contributed by atoms with Crippen LogP contribution >= 0.6 is 11.8 Å². The van der Waals surface area contributed by atoms with Gasteiger partial charge in [0.25, 0.3) is 0 Å². The van der Waals surface area contributed by atoms with Crippen LogP contribution in [0.5, 0.6) is 0 Å². The van der Waals surface area contributed by atoms with Crippen molar-refractivity contribution in [1.29, 1.82) is 0 Å². The Morgan fingerprint density at radius 2 is 2.04 bits per heavy atom. The summed E-state index contributed by atoms with van der Waals surface area (Å²) in [6.07, 6.45) is 2.47. The summed E-state index contributed by atoms with van der Waals surface area (Å²) in [6, 6.07) is 10.1. The summed E-state index contributed by atoms with van der Waals surface area (Å²) in [6.45, 7) is 5.10. The highest BCUT2D eigenvalue weighted by Gasteiger charge is 2.27. The molecule has 3 heterocycles. The minimum absolute atomic E-state index is 0.0820. The highest BCUT2D eigenvalue weighted by molar-refractivity contribution is 8.00. The normalized spacial score (nSPS) is 14.8. The van der Waals surface area contributed by atoms with Gasteiger partial charge in [-0.05, 0) is 37.5 Å². The average Bonchev–Trinajstić information content (AvgIpc) is 3.26. The fourth-order valence-electron chi connectivity index (χ4n) is 3.31. The number of rotatable bonds is 4. The van der Waals surface area contributed by atoms with Crippen LogP contribution in [0, 0.1) is 6.92 Å². The Morgan fingerprint density at radius 1 is 1.26 bits per heavy atom. The molecule has 0 bridgehead atoms. The number of hydrogen-bond donors (Lipinski definition) is 1. The van der Waals surface area contributed by atoms with E-state index in [9.17, 15) is 4.79 Å². The molecule has 1 atom stereocenters. The zero-order valence-corrected chi connectivity index (χ0v) is 16.1. The largest absolute Gasteiger partial charge is 0.469 e. The molecule has 0 fully saturated rings. The third-order valence-electron chi connectivity index (χ3n) is 4.84. The van der Waals surface area contributed by atoms with Crippen LogP contribution in [-0.2, 0) is 17.8 Å². The van der Waals surface area contributed by atoms with Gasteiger partial charge < -0.3 is 15.2 Å². The lowest BCUT2D eigenvalue weighted by Crippen LogP contribution is -2.40. The van der Waals surface area contributed by atoms with E-state index in [-0.39, 0.29) is 11.2 Å². The summed E-state index contributed by atoms with van der Waals surface area (Å²) in [5.74, 6) is 7.49. The molecule has 8 heteroatoms. The molecule has 1 aliphatic heterocycles. The molecular weight excluding hydrogens is 362 g/mol. The summed E-state index contributed by atoms with van der Waals surface area (Å²) in [5.41, 5.74) is 3.33. The van der Waals surface area contributed by atoms with E-state index >= 15 is 0 Å². The first-order valence-electron chi connectivity index (χ1n) is 8.81. The monoisotopic (exact) mass is 383 g/mol. The molecule has 1 unspecified atom stereocenters. The minimum atomic E-state index is -0.306. The van der Waals surface area contributed by atoms with Gasteiger partial charge >= 0.3 is 0 Å². The van der Waals surface area contributed by atoms with Gasteiger partial charge in [-0.25, -0.2) is 4.68 Å². The molecule has 27 heavy (non-hydrogen) atoms. The first-order chi connectivity index (χ1) is 13.0. The van der Waals surface area contributed by atoms with Gasteiger partial charge in [0.05, 0.1) is 17.1 Å². The zero-order valence-electron chi connectivity index (χ0n) is 15.3. The molecule has 3 aromatic rings. The van der Waals surface area contributed by atoms with E-state index in [2.05, 4.69) is 22.3 Å². The lowest BCUT2D eigenvalue weighted by Gasteiger charge is -2.30. The predicted molar refractivity (Wildman–Crippen MR) is 103 cm³/mol. The number of thioether (sulfide) groups is 1. The Bertz CT molecular complexity index is 980. The number of amides is 1. The number of fused-ring (bicyclic) bond motifs is 1. The summed E-state index contributed by atoms with van der Waals surface area (Å²) < 4.78 is 6.72. The van der Waals surface area contributed by atoms with Gasteiger partial charge in [0, 0.05) is 13.1 Å². The lowest BCUT2D eigenvalue weighted by atomic mass is 10.00. The van der Waals surface area contributed by atoms with Crippen molar-refractivity contribution in [2.75, 3.05) is 12.4 Å². The van der Waals surface area contributed by atoms with Crippen LogP contribution in [0.1, 0.15) is 23.8 Å². The van der Waals surface area contributed by atoms with Crippen LogP contribution in [0.25, 0.3) is 11.4 Å². The lowest BCUT2D eigenvalue weighted by molar-refractivity contribution is -0.131. The fraction of sp³-hybridized carbons (Fsp3) is 0.316. The Kier molecular flexibility index (Phi) is 4.65. The van der Waals surface area contributed by atoms with Crippen molar-refractivity contribution < 1.29 is 9.21 Å². The molecule has 0 saturated carbocycles. The standard InChI is InChI=1S/C19H21N5O2S/c1-12-16(8-10-26-12)17-21-22-19(24(17)20)27-13(2)18(25)23-9-7-14-5-3-4-6-15(14)11-23/h3-6,8,10,13H,7,9,11,20H2,1-2H3. The third-order valence-corrected chi connectivity index (χ3v) is 5.88. The van der Waals surface area contributed by atoms with Gasteiger partial charge in [0.1, 0.15) is 5.76 Å².